The summed E-state index contributed by atoms with van der Waals surface area (Å²) in [5, 5.41) is 14.0. The van der Waals surface area contributed by atoms with Gasteiger partial charge < -0.3 is 21.1 Å². The van der Waals surface area contributed by atoms with Crippen molar-refractivity contribution in [3.05, 3.63) is 53.6 Å². The molecule has 5 nitrogen and oxygen atoms in total. The molecule has 5 heteroatoms. The van der Waals surface area contributed by atoms with E-state index in [4.69, 9.17) is 5.73 Å². The van der Waals surface area contributed by atoms with Crippen LogP contribution in [0, 0.1) is 0 Å². The van der Waals surface area contributed by atoms with Gasteiger partial charge in [-0.05, 0) is 42.7 Å². The summed E-state index contributed by atoms with van der Waals surface area (Å²) in [7, 11) is 1.74. The van der Waals surface area contributed by atoms with E-state index in [1.807, 2.05) is 42.5 Å². The smallest absolute Gasteiger partial charge is 0.253 e. The first-order valence-corrected chi connectivity index (χ1v) is 7.78. The minimum Gasteiger partial charge on any atom is -0.386 e. The van der Waals surface area contributed by atoms with Crippen LogP contribution < -0.4 is 11.1 Å². The monoisotopic (exact) mass is 323 g/mol. The second-order valence-electron chi connectivity index (χ2n) is 6.39. The van der Waals surface area contributed by atoms with Crippen LogP contribution in [-0.2, 0) is 5.60 Å². The van der Waals surface area contributed by atoms with Crippen LogP contribution in [0.25, 0.3) is 22.0 Å². The summed E-state index contributed by atoms with van der Waals surface area (Å²) in [4.78, 5) is 14.9. The lowest BCUT2D eigenvalue weighted by Gasteiger charge is -2.18. The molecule has 3 rings (SSSR count). The maximum absolute atomic E-state index is 11.7. The topological polar surface area (TPSA) is 91.1 Å². The molecule has 1 aromatic heterocycles. The fraction of sp³-hybridized carbons (Fsp3) is 0.211. The summed E-state index contributed by atoms with van der Waals surface area (Å²) in [5.74, 6) is 0.141. The third-order valence-electron chi connectivity index (χ3n) is 4.20. The Morgan fingerprint density at radius 3 is 2.50 bits per heavy atom. The Bertz CT molecular complexity index is 920. The zero-order valence-electron chi connectivity index (χ0n) is 14.0. The highest BCUT2D eigenvalue weighted by Gasteiger charge is 2.18. The fourth-order valence-corrected chi connectivity index (χ4v) is 2.90. The van der Waals surface area contributed by atoms with Crippen molar-refractivity contribution < 1.29 is 9.90 Å². The van der Waals surface area contributed by atoms with E-state index in [1.165, 1.54) is 0 Å². The summed E-state index contributed by atoms with van der Waals surface area (Å²) < 4.78 is 0. The Kier molecular flexibility index (Phi) is 3.81. The number of fused-ring (bicyclic) bond motifs is 1. The number of amides is 1. The summed E-state index contributed by atoms with van der Waals surface area (Å²) in [6.07, 6.45) is 0. The molecule has 0 saturated heterocycles. The standard InChI is InChI=1S/C19H21N3O2/c1-19(2,24)13-6-4-5-11(9-13)12-7-8-14-15(10-12)22-18(21-3)16(14)17(20)23/h4-10,21-22,24H,1-3H3,(H2,20,23). The van der Waals surface area contributed by atoms with Gasteiger partial charge in [-0.2, -0.15) is 0 Å². The molecule has 0 aliphatic rings. The summed E-state index contributed by atoms with van der Waals surface area (Å²) in [6, 6.07) is 13.6. The molecule has 0 bridgehead atoms. The number of H-pyrrole nitrogens is 1. The summed E-state index contributed by atoms with van der Waals surface area (Å²) in [5.41, 5.74) is 8.73. The van der Waals surface area contributed by atoms with E-state index in [0.29, 0.717) is 11.4 Å². The van der Waals surface area contributed by atoms with Gasteiger partial charge in [0.1, 0.15) is 5.82 Å². The largest absolute Gasteiger partial charge is 0.386 e. The fourth-order valence-electron chi connectivity index (χ4n) is 2.90. The number of primary amides is 1. The number of aliphatic hydroxyl groups is 1. The van der Waals surface area contributed by atoms with E-state index in [2.05, 4.69) is 10.3 Å². The summed E-state index contributed by atoms with van der Waals surface area (Å²) in [6.45, 7) is 3.53. The Morgan fingerprint density at radius 2 is 1.88 bits per heavy atom. The molecule has 0 radical (unpaired) electrons. The number of hydrogen-bond acceptors (Lipinski definition) is 3. The van der Waals surface area contributed by atoms with Crippen LogP contribution in [0.2, 0.25) is 0 Å². The molecule has 3 aromatic rings. The molecule has 0 atom stereocenters. The Balaban J connectivity index is 2.14. The Hall–Kier alpha value is -2.79. The van der Waals surface area contributed by atoms with Gasteiger partial charge in [-0.15, -0.1) is 0 Å². The van der Waals surface area contributed by atoms with Crippen molar-refractivity contribution in [2.24, 2.45) is 5.73 Å². The molecule has 0 aliphatic heterocycles. The first kappa shape index (κ1) is 16.1. The second kappa shape index (κ2) is 5.69. The molecular formula is C19H21N3O2. The summed E-state index contributed by atoms with van der Waals surface area (Å²) >= 11 is 0. The normalized spacial score (nSPS) is 11.7. The number of anilines is 1. The lowest BCUT2D eigenvalue weighted by molar-refractivity contribution is 0.0786. The van der Waals surface area contributed by atoms with Crippen molar-refractivity contribution in [3.63, 3.8) is 0 Å². The maximum atomic E-state index is 11.7. The molecule has 0 fully saturated rings. The quantitative estimate of drug-likeness (QED) is 0.594. The van der Waals surface area contributed by atoms with Crippen LogP contribution >= 0.6 is 0 Å². The third kappa shape index (κ3) is 2.74. The van der Waals surface area contributed by atoms with Crippen molar-refractivity contribution in [1.29, 1.82) is 0 Å². The van der Waals surface area contributed by atoms with Gasteiger partial charge in [0.15, 0.2) is 0 Å². The lowest BCUT2D eigenvalue weighted by atomic mass is 9.94. The molecule has 24 heavy (non-hydrogen) atoms. The number of rotatable bonds is 4. The van der Waals surface area contributed by atoms with Gasteiger partial charge in [0, 0.05) is 18.0 Å². The number of benzene rings is 2. The number of carbonyl (C=O) groups is 1. The van der Waals surface area contributed by atoms with Gasteiger partial charge in [-0.3, -0.25) is 4.79 Å². The van der Waals surface area contributed by atoms with E-state index in [9.17, 15) is 9.90 Å². The van der Waals surface area contributed by atoms with E-state index in [-0.39, 0.29) is 0 Å². The van der Waals surface area contributed by atoms with E-state index >= 15 is 0 Å². The van der Waals surface area contributed by atoms with E-state index < -0.39 is 11.5 Å². The average molecular weight is 323 g/mol. The molecule has 5 N–H and O–H groups in total. The van der Waals surface area contributed by atoms with Gasteiger partial charge in [-0.25, -0.2) is 0 Å². The molecule has 0 aliphatic carbocycles. The molecule has 2 aromatic carbocycles. The number of nitrogens with one attached hydrogen (secondary N) is 2. The average Bonchev–Trinajstić information content (AvgIpc) is 2.92. The number of carbonyl (C=O) groups excluding carboxylic acids is 1. The number of aromatic amines is 1. The molecular weight excluding hydrogens is 302 g/mol. The number of hydrogen-bond donors (Lipinski definition) is 4. The highest BCUT2D eigenvalue weighted by atomic mass is 16.3. The van der Waals surface area contributed by atoms with Crippen molar-refractivity contribution in [2.75, 3.05) is 12.4 Å². The van der Waals surface area contributed by atoms with Crippen molar-refractivity contribution in [2.45, 2.75) is 19.4 Å². The van der Waals surface area contributed by atoms with Gasteiger partial charge in [-0.1, -0.05) is 30.3 Å². The molecule has 1 amide bonds. The van der Waals surface area contributed by atoms with Gasteiger partial charge >= 0.3 is 0 Å². The number of nitrogens with two attached hydrogens (primary N) is 1. The lowest BCUT2D eigenvalue weighted by Crippen LogP contribution is -2.15. The molecule has 0 saturated carbocycles. The zero-order valence-corrected chi connectivity index (χ0v) is 14.0. The van der Waals surface area contributed by atoms with Gasteiger partial charge in [0.2, 0.25) is 0 Å². The first-order valence-electron chi connectivity index (χ1n) is 7.78. The Labute approximate surface area is 140 Å². The molecule has 0 spiro atoms. The van der Waals surface area contributed by atoms with Crippen molar-refractivity contribution in [3.8, 4) is 11.1 Å². The van der Waals surface area contributed by atoms with Crippen molar-refractivity contribution >= 4 is 22.6 Å². The minimum absolute atomic E-state index is 0.462. The zero-order chi connectivity index (χ0) is 17.5. The maximum Gasteiger partial charge on any atom is 0.253 e. The highest BCUT2D eigenvalue weighted by molar-refractivity contribution is 6.11. The predicted octanol–water partition coefficient (Wildman–Crippen LogP) is 3.20. The molecule has 0 unspecified atom stereocenters. The van der Waals surface area contributed by atoms with Crippen LogP contribution in [-0.4, -0.2) is 23.0 Å². The predicted molar refractivity (Wildman–Crippen MR) is 97.0 cm³/mol. The molecule has 1 heterocycles. The number of aromatic nitrogens is 1. The van der Waals surface area contributed by atoms with Crippen LogP contribution in [0.15, 0.2) is 42.5 Å². The second-order valence-corrected chi connectivity index (χ2v) is 6.39. The van der Waals surface area contributed by atoms with E-state index in [1.54, 1.807) is 20.9 Å². The SMILES string of the molecule is CNc1[nH]c2cc(-c3cccc(C(C)(C)O)c3)ccc2c1C(N)=O. The van der Waals surface area contributed by atoms with Crippen LogP contribution in [0.5, 0.6) is 0 Å². The first-order chi connectivity index (χ1) is 11.3. The third-order valence-corrected chi connectivity index (χ3v) is 4.20. The van der Waals surface area contributed by atoms with Crippen LogP contribution in [0.1, 0.15) is 29.8 Å². The van der Waals surface area contributed by atoms with Crippen LogP contribution in [0.4, 0.5) is 5.82 Å². The van der Waals surface area contributed by atoms with Gasteiger partial charge in [0.05, 0.1) is 11.2 Å². The van der Waals surface area contributed by atoms with Crippen molar-refractivity contribution in [1.82, 2.24) is 4.98 Å². The van der Waals surface area contributed by atoms with Crippen LogP contribution in [0.3, 0.4) is 0 Å². The van der Waals surface area contributed by atoms with E-state index in [0.717, 1.165) is 27.6 Å². The molecule has 124 valence electrons. The van der Waals surface area contributed by atoms with Gasteiger partial charge in [0.25, 0.3) is 5.91 Å². The Morgan fingerprint density at radius 1 is 1.17 bits per heavy atom. The highest BCUT2D eigenvalue weighted by Crippen LogP contribution is 2.31. The minimum atomic E-state index is -0.898.